The highest BCUT2D eigenvalue weighted by Gasteiger charge is 2.18. The van der Waals surface area contributed by atoms with E-state index in [-0.39, 0.29) is 0 Å². The molecule has 0 aromatic heterocycles. The van der Waals surface area contributed by atoms with Crippen molar-refractivity contribution in [3.8, 4) is 0 Å². The van der Waals surface area contributed by atoms with E-state index in [0.717, 1.165) is 5.92 Å². The Hall–Kier alpha value is -0.330. The van der Waals surface area contributed by atoms with E-state index in [0.29, 0.717) is 6.04 Å². The first-order valence-electron chi connectivity index (χ1n) is 3.80. The van der Waals surface area contributed by atoms with Crippen molar-refractivity contribution < 1.29 is 0 Å². The third-order valence-electron chi connectivity index (χ3n) is 2.30. The maximum Gasteiger partial charge on any atom is 0.0517 e. The summed E-state index contributed by atoms with van der Waals surface area (Å²) in [6, 6.07) is 0.568. The van der Waals surface area contributed by atoms with E-state index in [1.54, 1.807) is 0 Å². The Kier molecular flexibility index (Phi) is 2.26. The first-order chi connectivity index (χ1) is 4.34. The number of nitrogens with zero attached hydrogens (tertiary/aromatic N) is 1. The minimum absolute atomic E-state index is 0.568. The van der Waals surface area contributed by atoms with Crippen LogP contribution in [0.5, 0.6) is 0 Å². The van der Waals surface area contributed by atoms with Crippen molar-refractivity contribution in [2.45, 2.75) is 38.6 Å². The zero-order valence-electron chi connectivity index (χ0n) is 6.14. The first kappa shape index (κ1) is 6.79. The van der Waals surface area contributed by atoms with Gasteiger partial charge in [-0.3, -0.25) is 4.99 Å². The van der Waals surface area contributed by atoms with Crippen LogP contribution in [0.25, 0.3) is 0 Å². The summed E-state index contributed by atoms with van der Waals surface area (Å²) in [5, 5.41) is 0. The summed E-state index contributed by atoms with van der Waals surface area (Å²) in [6.45, 7) is 5.86. The molecule has 0 aromatic carbocycles. The number of hydrogen-bond acceptors (Lipinski definition) is 1. The molecule has 9 heavy (non-hydrogen) atoms. The summed E-state index contributed by atoms with van der Waals surface area (Å²) >= 11 is 0. The Balaban J connectivity index is 2.38. The second kappa shape index (κ2) is 3.00. The first-order valence-corrected chi connectivity index (χ1v) is 3.80. The van der Waals surface area contributed by atoms with Gasteiger partial charge in [0.05, 0.1) is 6.04 Å². The summed E-state index contributed by atoms with van der Waals surface area (Å²) in [5.74, 6) is 0.788. The highest BCUT2D eigenvalue weighted by atomic mass is 14.8. The molecule has 1 aliphatic rings. The lowest BCUT2D eigenvalue weighted by atomic mass is 9.86. The third kappa shape index (κ3) is 1.54. The van der Waals surface area contributed by atoms with Crippen molar-refractivity contribution in [2.75, 3.05) is 0 Å². The van der Waals surface area contributed by atoms with Gasteiger partial charge in [0.1, 0.15) is 0 Å². The van der Waals surface area contributed by atoms with Gasteiger partial charge in [-0.25, -0.2) is 0 Å². The fraction of sp³-hybridized carbons (Fsp3) is 0.875. The molecule has 1 rings (SSSR count). The molecule has 0 bridgehead atoms. The number of hydrogen-bond donors (Lipinski definition) is 0. The second-order valence-electron chi connectivity index (χ2n) is 3.01. The molecule has 1 heteroatoms. The van der Waals surface area contributed by atoms with E-state index in [2.05, 4.69) is 18.6 Å². The maximum atomic E-state index is 4.08. The van der Waals surface area contributed by atoms with Crippen molar-refractivity contribution in [1.29, 1.82) is 0 Å². The molecule has 0 radical (unpaired) electrons. The van der Waals surface area contributed by atoms with Crippen molar-refractivity contribution in [3.63, 3.8) is 0 Å². The molecule has 52 valence electrons. The van der Waals surface area contributed by atoms with Crippen LogP contribution in [0.1, 0.15) is 32.6 Å². The predicted octanol–water partition coefficient (Wildman–Crippen LogP) is 2.27. The van der Waals surface area contributed by atoms with Crippen LogP contribution < -0.4 is 0 Å². The lowest BCUT2D eigenvalue weighted by molar-refractivity contribution is 0.334. The molecule has 0 aromatic rings. The number of rotatable bonds is 1. The van der Waals surface area contributed by atoms with E-state index in [4.69, 9.17) is 0 Å². The molecule has 2 atom stereocenters. The fourth-order valence-corrected chi connectivity index (χ4v) is 1.57. The highest BCUT2D eigenvalue weighted by Crippen LogP contribution is 2.25. The van der Waals surface area contributed by atoms with Crippen molar-refractivity contribution in [1.82, 2.24) is 0 Å². The molecule has 2 unspecified atom stereocenters. The van der Waals surface area contributed by atoms with Crippen LogP contribution >= 0.6 is 0 Å². The van der Waals surface area contributed by atoms with Gasteiger partial charge in [0.15, 0.2) is 0 Å². The van der Waals surface area contributed by atoms with Crippen LogP contribution in [0, 0.1) is 5.92 Å². The maximum absolute atomic E-state index is 4.08. The Morgan fingerprint density at radius 2 is 2.00 bits per heavy atom. The van der Waals surface area contributed by atoms with Gasteiger partial charge in [-0.1, -0.05) is 19.8 Å². The topological polar surface area (TPSA) is 12.4 Å². The van der Waals surface area contributed by atoms with Gasteiger partial charge in [0.25, 0.3) is 0 Å². The molecular weight excluding hydrogens is 110 g/mol. The quantitative estimate of drug-likeness (QED) is 0.477. The number of aliphatic imine (C=N–C) groups is 1. The van der Waals surface area contributed by atoms with Gasteiger partial charge in [-0.05, 0) is 25.5 Å². The normalized spacial score (nSPS) is 36.1. The van der Waals surface area contributed by atoms with E-state index >= 15 is 0 Å². The standard InChI is InChI=1S/C8H15N/c1-7-5-3-4-6-8(7)9-2/h7-8H,2-6H2,1H3. The second-order valence-corrected chi connectivity index (χ2v) is 3.01. The molecule has 0 spiro atoms. The van der Waals surface area contributed by atoms with Gasteiger partial charge < -0.3 is 0 Å². The monoisotopic (exact) mass is 125 g/mol. The molecule has 0 aliphatic heterocycles. The Bertz CT molecular complexity index is 98.7. The average Bonchev–Trinajstić information content (AvgIpc) is 1.89. The van der Waals surface area contributed by atoms with Gasteiger partial charge >= 0.3 is 0 Å². The van der Waals surface area contributed by atoms with Crippen LogP contribution in [-0.2, 0) is 0 Å². The SMILES string of the molecule is C=NC1CCCCC1C. The van der Waals surface area contributed by atoms with Crippen molar-refractivity contribution in [3.05, 3.63) is 0 Å². The zero-order chi connectivity index (χ0) is 6.69. The van der Waals surface area contributed by atoms with E-state index in [1.165, 1.54) is 25.7 Å². The lowest BCUT2D eigenvalue weighted by Gasteiger charge is -2.24. The third-order valence-corrected chi connectivity index (χ3v) is 2.30. The molecule has 0 amide bonds. The molecule has 1 nitrogen and oxygen atoms in total. The van der Waals surface area contributed by atoms with Crippen LogP contribution in [0.4, 0.5) is 0 Å². The Morgan fingerprint density at radius 1 is 1.33 bits per heavy atom. The fourth-order valence-electron chi connectivity index (χ4n) is 1.57. The van der Waals surface area contributed by atoms with Crippen LogP contribution in [0.15, 0.2) is 4.99 Å². The van der Waals surface area contributed by atoms with Crippen molar-refractivity contribution >= 4 is 6.72 Å². The van der Waals surface area contributed by atoms with Crippen LogP contribution in [0.2, 0.25) is 0 Å². The summed E-state index contributed by atoms with van der Waals surface area (Å²) in [6.07, 6.45) is 5.37. The largest absolute Gasteiger partial charge is 0.297 e. The van der Waals surface area contributed by atoms with Gasteiger partial charge in [0.2, 0.25) is 0 Å². The van der Waals surface area contributed by atoms with Gasteiger partial charge in [-0.2, -0.15) is 0 Å². The zero-order valence-corrected chi connectivity index (χ0v) is 6.14. The minimum atomic E-state index is 0.568. The van der Waals surface area contributed by atoms with Crippen LogP contribution in [0.3, 0.4) is 0 Å². The molecular formula is C8H15N. The molecule has 0 heterocycles. The summed E-state index contributed by atoms with van der Waals surface area (Å²) in [5.41, 5.74) is 0. The summed E-state index contributed by atoms with van der Waals surface area (Å²) in [7, 11) is 0. The lowest BCUT2D eigenvalue weighted by Crippen LogP contribution is -2.19. The Labute approximate surface area is 57.2 Å². The van der Waals surface area contributed by atoms with Gasteiger partial charge in [-0.15, -0.1) is 0 Å². The van der Waals surface area contributed by atoms with E-state index < -0.39 is 0 Å². The average molecular weight is 125 g/mol. The van der Waals surface area contributed by atoms with E-state index in [1.807, 2.05) is 0 Å². The highest BCUT2D eigenvalue weighted by molar-refractivity contribution is 5.24. The molecule has 1 saturated carbocycles. The van der Waals surface area contributed by atoms with Crippen molar-refractivity contribution in [2.24, 2.45) is 10.9 Å². The Morgan fingerprint density at radius 3 is 2.44 bits per heavy atom. The molecule has 0 N–H and O–H groups in total. The molecule has 1 aliphatic carbocycles. The van der Waals surface area contributed by atoms with E-state index in [9.17, 15) is 0 Å². The molecule has 0 saturated heterocycles. The smallest absolute Gasteiger partial charge is 0.0517 e. The molecule has 1 fully saturated rings. The summed E-state index contributed by atoms with van der Waals surface area (Å²) in [4.78, 5) is 4.08. The van der Waals surface area contributed by atoms with Gasteiger partial charge in [0, 0.05) is 0 Å². The van der Waals surface area contributed by atoms with Crippen LogP contribution in [-0.4, -0.2) is 12.8 Å². The minimum Gasteiger partial charge on any atom is -0.297 e. The predicted molar refractivity (Wildman–Crippen MR) is 41.0 cm³/mol. The summed E-state index contributed by atoms with van der Waals surface area (Å²) < 4.78 is 0.